The van der Waals surface area contributed by atoms with Crippen LogP contribution in [-0.2, 0) is 17.7 Å². The zero-order valence-electron chi connectivity index (χ0n) is 24.2. The third kappa shape index (κ3) is 5.85. The van der Waals surface area contributed by atoms with Gasteiger partial charge >= 0.3 is 0 Å². The largest absolute Gasteiger partial charge is 0.390 e. The van der Waals surface area contributed by atoms with Gasteiger partial charge in [0, 0.05) is 69.9 Å². The highest BCUT2D eigenvalue weighted by atomic mass is 35.5. The molecule has 41 heavy (non-hydrogen) atoms. The monoisotopic (exact) mass is 582 g/mol. The Labute approximate surface area is 249 Å². The number of halogens is 1. The summed E-state index contributed by atoms with van der Waals surface area (Å²) in [5.41, 5.74) is 4.82. The van der Waals surface area contributed by atoms with Crippen LogP contribution < -0.4 is 10.2 Å². The highest BCUT2D eigenvalue weighted by Crippen LogP contribution is 2.45. The molecule has 1 saturated heterocycles. The van der Waals surface area contributed by atoms with Crippen molar-refractivity contribution in [3.63, 3.8) is 0 Å². The van der Waals surface area contributed by atoms with Crippen LogP contribution in [0.5, 0.6) is 0 Å². The molecule has 8 nitrogen and oxygen atoms in total. The van der Waals surface area contributed by atoms with E-state index in [0.717, 1.165) is 64.0 Å². The second kappa shape index (κ2) is 12.3. The van der Waals surface area contributed by atoms with Crippen LogP contribution in [0.2, 0.25) is 0 Å². The van der Waals surface area contributed by atoms with Crippen molar-refractivity contribution < 1.29 is 19.4 Å². The number of methoxy groups -OCH3 is 1. The molecule has 2 N–H and O–H groups in total. The van der Waals surface area contributed by atoms with Crippen LogP contribution in [0.25, 0.3) is 0 Å². The lowest BCUT2D eigenvalue weighted by atomic mass is 9.68. The third-order valence-corrected chi connectivity index (χ3v) is 9.78. The van der Waals surface area contributed by atoms with E-state index in [0.29, 0.717) is 30.3 Å². The highest BCUT2D eigenvalue weighted by molar-refractivity contribution is 6.03. The van der Waals surface area contributed by atoms with Crippen molar-refractivity contribution in [1.82, 2.24) is 15.1 Å². The van der Waals surface area contributed by atoms with E-state index in [1.54, 1.807) is 18.1 Å². The molecule has 2 fully saturated rings. The van der Waals surface area contributed by atoms with Gasteiger partial charge < -0.3 is 29.9 Å². The minimum atomic E-state index is -0.674. The fourth-order valence-corrected chi connectivity index (χ4v) is 7.19. The number of likely N-dealkylation sites (N-methyl/N-ethyl adjacent to an activating group) is 1. The number of nitrogens with one attached hydrogen (secondary N) is 1. The molecule has 2 atom stereocenters. The SMILES string of the molecule is CCN1CCN(C[C@@H](O)[C@@H]2Cc3ccccc3CN2)C(=O)c2ccc(C(=O)N3CC4(CCC(OC)CC4)C3)cc21.Cl. The van der Waals surface area contributed by atoms with Gasteiger partial charge in [-0.15, -0.1) is 12.4 Å². The van der Waals surface area contributed by atoms with Crippen LogP contribution >= 0.6 is 12.4 Å². The minimum Gasteiger partial charge on any atom is -0.390 e. The Hall–Kier alpha value is -2.65. The van der Waals surface area contributed by atoms with Gasteiger partial charge in [0.25, 0.3) is 11.8 Å². The number of aliphatic hydroxyl groups is 1. The summed E-state index contributed by atoms with van der Waals surface area (Å²) in [6.45, 7) is 6.62. The summed E-state index contributed by atoms with van der Waals surface area (Å²) in [7, 11) is 1.79. The molecular formula is C32H43ClN4O4. The van der Waals surface area contributed by atoms with Gasteiger partial charge in [0.15, 0.2) is 0 Å². The first-order valence-electron chi connectivity index (χ1n) is 14.9. The zero-order chi connectivity index (χ0) is 27.9. The van der Waals surface area contributed by atoms with Crippen molar-refractivity contribution in [3.8, 4) is 0 Å². The zero-order valence-corrected chi connectivity index (χ0v) is 25.0. The lowest BCUT2D eigenvalue weighted by molar-refractivity contribution is -0.0486. The molecule has 1 spiro atoms. The van der Waals surface area contributed by atoms with E-state index in [-0.39, 0.29) is 42.2 Å². The Kier molecular flexibility index (Phi) is 8.95. The van der Waals surface area contributed by atoms with Crippen LogP contribution in [0.3, 0.4) is 0 Å². The number of carbonyl (C=O) groups is 2. The van der Waals surface area contributed by atoms with Crippen molar-refractivity contribution in [2.75, 3.05) is 51.3 Å². The van der Waals surface area contributed by atoms with Crippen molar-refractivity contribution in [1.29, 1.82) is 0 Å². The predicted molar refractivity (Wildman–Crippen MR) is 162 cm³/mol. The van der Waals surface area contributed by atoms with Crippen LogP contribution in [0, 0.1) is 5.41 Å². The molecule has 4 aliphatic rings. The normalized spacial score (nSPS) is 22.8. The number of nitrogens with zero attached hydrogens (tertiary/aromatic N) is 3. The smallest absolute Gasteiger partial charge is 0.256 e. The molecule has 1 saturated carbocycles. The second-order valence-corrected chi connectivity index (χ2v) is 12.2. The summed E-state index contributed by atoms with van der Waals surface area (Å²) < 4.78 is 5.53. The van der Waals surface area contributed by atoms with Crippen molar-refractivity contribution >= 4 is 29.9 Å². The standard InChI is InChI=1S/C32H42N4O4.ClH/c1-3-34-14-15-35(19-29(37)27-16-22-6-4-5-7-24(22)18-33-27)31(39)26-9-8-23(17-28(26)34)30(38)36-20-32(21-36)12-10-25(40-2)11-13-32;/h4-9,17,25,27,29,33,37H,3,10-16,18-21H2,1-2H3;1H/t27-,29+;/m0./s1. The average molecular weight is 583 g/mol. The number of fused-ring (bicyclic) bond motifs is 2. The Morgan fingerprint density at radius 2 is 1.80 bits per heavy atom. The average Bonchev–Trinajstić information content (AvgIpc) is 3.10. The summed E-state index contributed by atoms with van der Waals surface area (Å²) in [6.07, 6.45) is 4.79. The Morgan fingerprint density at radius 1 is 1.10 bits per heavy atom. The first kappa shape index (κ1) is 29.8. The summed E-state index contributed by atoms with van der Waals surface area (Å²) in [6, 6.07) is 13.7. The molecular weight excluding hydrogens is 540 g/mol. The lowest BCUT2D eigenvalue weighted by Crippen LogP contribution is -2.59. The molecule has 0 radical (unpaired) electrons. The van der Waals surface area contributed by atoms with E-state index in [2.05, 4.69) is 29.3 Å². The van der Waals surface area contributed by atoms with Crippen molar-refractivity contribution in [3.05, 3.63) is 64.7 Å². The van der Waals surface area contributed by atoms with E-state index in [1.165, 1.54) is 11.1 Å². The fourth-order valence-electron chi connectivity index (χ4n) is 7.19. The van der Waals surface area contributed by atoms with Crippen LogP contribution in [0.15, 0.2) is 42.5 Å². The number of hydrogen-bond acceptors (Lipinski definition) is 6. The number of hydrogen-bond donors (Lipinski definition) is 2. The summed E-state index contributed by atoms with van der Waals surface area (Å²) in [5.74, 6) is -0.0380. The maximum Gasteiger partial charge on any atom is 0.256 e. The maximum atomic E-state index is 13.7. The summed E-state index contributed by atoms with van der Waals surface area (Å²) in [4.78, 5) is 33.1. The van der Waals surface area contributed by atoms with E-state index < -0.39 is 6.10 Å². The minimum absolute atomic E-state index is 0. The molecule has 2 aromatic rings. The van der Waals surface area contributed by atoms with Crippen LogP contribution in [0.4, 0.5) is 5.69 Å². The number of β-amino-alcohol motifs (C(OH)–C–C–N with tert-alkyl or cyclic N) is 1. The van der Waals surface area contributed by atoms with E-state index in [1.807, 2.05) is 29.2 Å². The predicted octanol–water partition coefficient (Wildman–Crippen LogP) is 3.50. The van der Waals surface area contributed by atoms with E-state index in [9.17, 15) is 14.7 Å². The number of rotatable bonds is 6. The molecule has 0 bridgehead atoms. The number of ether oxygens (including phenoxy) is 1. The number of amides is 2. The molecule has 2 amide bonds. The molecule has 6 rings (SSSR count). The number of benzene rings is 2. The molecule has 2 aromatic carbocycles. The molecule has 3 aliphatic heterocycles. The topological polar surface area (TPSA) is 85.3 Å². The second-order valence-electron chi connectivity index (χ2n) is 12.2. The van der Waals surface area contributed by atoms with Gasteiger partial charge in [-0.05, 0) is 68.4 Å². The summed E-state index contributed by atoms with van der Waals surface area (Å²) >= 11 is 0. The maximum absolute atomic E-state index is 13.7. The molecule has 3 heterocycles. The first-order chi connectivity index (χ1) is 19.4. The highest BCUT2D eigenvalue weighted by Gasteiger charge is 2.47. The number of carbonyl (C=O) groups excluding carboxylic acids is 2. The Bertz CT molecular complexity index is 1260. The molecule has 222 valence electrons. The van der Waals surface area contributed by atoms with Crippen molar-refractivity contribution in [2.24, 2.45) is 5.41 Å². The molecule has 1 aliphatic carbocycles. The first-order valence-corrected chi connectivity index (χ1v) is 14.9. The van der Waals surface area contributed by atoms with Gasteiger partial charge in [-0.2, -0.15) is 0 Å². The summed E-state index contributed by atoms with van der Waals surface area (Å²) in [5, 5.41) is 14.6. The van der Waals surface area contributed by atoms with Crippen LogP contribution in [0.1, 0.15) is 64.4 Å². The Balaban J connectivity index is 0.00000337. The quantitative estimate of drug-likeness (QED) is 0.542. The van der Waals surface area contributed by atoms with Gasteiger partial charge in [-0.25, -0.2) is 0 Å². The van der Waals surface area contributed by atoms with E-state index >= 15 is 0 Å². The van der Waals surface area contributed by atoms with Gasteiger partial charge in [-0.1, -0.05) is 24.3 Å². The molecule has 9 heteroatoms. The molecule has 0 unspecified atom stereocenters. The van der Waals surface area contributed by atoms with Gasteiger partial charge in [0.2, 0.25) is 0 Å². The number of anilines is 1. The van der Waals surface area contributed by atoms with Crippen LogP contribution in [-0.4, -0.2) is 91.3 Å². The fraction of sp³-hybridized carbons (Fsp3) is 0.562. The number of aliphatic hydroxyl groups excluding tert-OH is 1. The van der Waals surface area contributed by atoms with E-state index in [4.69, 9.17) is 4.74 Å². The number of likely N-dealkylation sites (tertiary alicyclic amines) is 1. The lowest BCUT2D eigenvalue weighted by Gasteiger charge is -2.53. The van der Waals surface area contributed by atoms with Gasteiger partial charge in [0.1, 0.15) is 0 Å². The van der Waals surface area contributed by atoms with Crippen molar-refractivity contribution in [2.45, 2.75) is 63.8 Å². The van der Waals surface area contributed by atoms with Gasteiger partial charge in [0.05, 0.1) is 23.5 Å². The Morgan fingerprint density at radius 3 is 2.51 bits per heavy atom. The third-order valence-electron chi connectivity index (χ3n) is 9.78. The molecule has 0 aromatic heterocycles. The van der Waals surface area contributed by atoms with Gasteiger partial charge in [-0.3, -0.25) is 9.59 Å².